The van der Waals surface area contributed by atoms with Gasteiger partial charge in [-0.1, -0.05) is 12.8 Å². The summed E-state index contributed by atoms with van der Waals surface area (Å²) in [7, 11) is 1.67. The molecule has 2 saturated heterocycles. The third-order valence-corrected chi connectivity index (χ3v) is 6.43. The Labute approximate surface area is 183 Å². The highest BCUT2D eigenvalue weighted by Crippen LogP contribution is 2.25. The lowest BCUT2D eigenvalue weighted by Crippen LogP contribution is -2.46. The molecule has 1 N–H and O–H groups in total. The Hall–Kier alpha value is -2.51. The predicted molar refractivity (Wildman–Crippen MR) is 121 cm³/mol. The maximum Gasteiger partial charge on any atom is 0.343 e. The van der Waals surface area contributed by atoms with E-state index in [0.717, 1.165) is 45.0 Å². The summed E-state index contributed by atoms with van der Waals surface area (Å²) in [6.45, 7) is 6.48. The van der Waals surface area contributed by atoms with Gasteiger partial charge in [0.15, 0.2) is 0 Å². The van der Waals surface area contributed by atoms with Crippen molar-refractivity contribution in [2.45, 2.75) is 38.8 Å². The fourth-order valence-corrected chi connectivity index (χ4v) is 4.51. The number of nitrogens with zero attached hydrogens (tertiary/aromatic N) is 3. The Bertz CT molecular complexity index is 896. The first-order chi connectivity index (χ1) is 15.1. The molecule has 0 atom stereocenters. The van der Waals surface area contributed by atoms with Gasteiger partial charge in [0.25, 0.3) is 0 Å². The van der Waals surface area contributed by atoms with E-state index in [4.69, 9.17) is 9.15 Å². The van der Waals surface area contributed by atoms with Gasteiger partial charge in [-0.05, 0) is 50.2 Å². The molecule has 2 aromatic rings. The third-order valence-electron chi connectivity index (χ3n) is 6.43. The zero-order chi connectivity index (χ0) is 21.6. The minimum absolute atomic E-state index is 0.109. The Balaban J connectivity index is 1.38. The molecule has 2 fully saturated rings. The second-order valence-electron chi connectivity index (χ2n) is 8.53. The largest absolute Gasteiger partial charge is 0.507 e. The number of likely N-dealkylation sites (tertiary alicyclic amines) is 1. The Morgan fingerprint density at radius 1 is 0.903 bits per heavy atom. The number of anilines is 1. The van der Waals surface area contributed by atoms with Crippen molar-refractivity contribution in [3.05, 3.63) is 52.1 Å². The molecule has 1 aromatic heterocycles. The van der Waals surface area contributed by atoms with E-state index in [1.54, 1.807) is 7.11 Å². The van der Waals surface area contributed by atoms with Crippen LogP contribution in [0.15, 0.2) is 39.7 Å². The molecule has 7 heteroatoms. The number of rotatable bonds is 6. The van der Waals surface area contributed by atoms with Crippen molar-refractivity contribution in [2.75, 3.05) is 51.3 Å². The molecule has 0 aliphatic carbocycles. The summed E-state index contributed by atoms with van der Waals surface area (Å²) in [5.74, 6) is 0.961. The van der Waals surface area contributed by atoms with Crippen molar-refractivity contribution in [1.82, 2.24) is 9.80 Å². The number of methoxy groups -OCH3 is 1. The minimum Gasteiger partial charge on any atom is -0.507 e. The lowest BCUT2D eigenvalue weighted by atomic mass is 10.1. The fourth-order valence-electron chi connectivity index (χ4n) is 4.51. The third kappa shape index (κ3) is 5.40. The van der Waals surface area contributed by atoms with Crippen molar-refractivity contribution in [3.8, 4) is 11.5 Å². The average molecular weight is 428 g/mol. The van der Waals surface area contributed by atoms with Gasteiger partial charge in [0.05, 0.1) is 12.7 Å². The highest BCUT2D eigenvalue weighted by Gasteiger charge is 2.22. The standard InChI is InChI=1S/C24H33N3O4/c1-30-21-8-6-20(7-9-21)27-14-12-26(13-15-27)17-22-23(28)19(18-31-24(22)29)16-25-10-4-2-3-5-11-25/h6-9,18,28H,2-5,10-17H2,1H3. The topological polar surface area (TPSA) is 69.4 Å². The van der Waals surface area contributed by atoms with Crippen LogP contribution in [0.4, 0.5) is 5.69 Å². The van der Waals surface area contributed by atoms with Gasteiger partial charge in [0, 0.05) is 50.5 Å². The van der Waals surface area contributed by atoms with E-state index in [9.17, 15) is 9.90 Å². The molecule has 0 spiro atoms. The molecular weight excluding hydrogens is 394 g/mol. The van der Waals surface area contributed by atoms with E-state index >= 15 is 0 Å². The Kier molecular flexibility index (Phi) is 7.14. The molecule has 4 rings (SSSR count). The van der Waals surface area contributed by atoms with Crippen LogP contribution in [0.1, 0.15) is 36.8 Å². The van der Waals surface area contributed by atoms with Crippen LogP contribution >= 0.6 is 0 Å². The van der Waals surface area contributed by atoms with Crippen LogP contribution in [-0.2, 0) is 13.1 Å². The van der Waals surface area contributed by atoms with Crippen molar-refractivity contribution >= 4 is 5.69 Å². The number of piperazine rings is 1. The van der Waals surface area contributed by atoms with E-state index < -0.39 is 5.63 Å². The highest BCUT2D eigenvalue weighted by molar-refractivity contribution is 5.49. The first-order valence-corrected chi connectivity index (χ1v) is 11.3. The van der Waals surface area contributed by atoms with E-state index in [2.05, 4.69) is 26.8 Å². The summed E-state index contributed by atoms with van der Waals surface area (Å²) in [6, 6.07) is 8.09. The van der Waals surface area contributed by atoms with Crippen LogP contribution in [-0.4, -0.2) is 61.3 Å². The van der Waals surface area contributed by atoms with E-state index in [1.165, 1.54) is 37.6 Å². The van der Waals surface area contributed by atoms with E-state index in [0.29, 0.717) is 24.2 Å². The van der Waals surface area contributed by atoms with Crippen molar-refractivity contribution in [3.63, 3.8) is 0 Å². The van der Waals surface area contributed by atoms with Crippen molar-refractivity contribution in [2.24, 2.45) is 0 Å². The van der Waals surface area contributed by atoms with Gasteiger partial charge in [-0.25, -0.2) is 4.79 Å². The molecule has 0 unspecified atom stereocenters. The van der Waals surface area contributed by atoms with Crippen LogP contribution in [0.5, 0.6) is 11.5 Å². The number of benzene rings is 1. The Morgan fingerprint density at radius 2 is 1.55 bits per heavy atom. The van der Waals surface area contributed by atoms with Crippen LogP contribution < -0.4 is 15.3 Å². The first kappa shape index (κ1) is 21.7. The van der Waals surface area contributed by atoms with Crippen LogP contribution in [0, 0.1) is 0 Å². The second-order valence-corrected chi connectivity index (χ2v) is 8.53. The molecule has 31 heavy (non-hydrogen) atoms. The zero-order valence-corrected chi connectivity index (χ0v) is 18.4. The molecule has 7 nitrogen and oxygen atoms in total. The fraction of sp³-hybridized carbons (Fsp3) is 0.542. The maximum atomic E-state index is 12.4. The smallest absolute Gasteiger partial charge is 0.343 e. The van der Waals surface area contributed by atoms with Crippen LogP contribution in [0.25, 0.3) is 0 Å². The van der Waals surface area contributed by atoms with Gasteiger partial charge in [-0.3, -0.25) is 9.80 Å². The maximum absolute atomic E-state index is 12.4. The summed E-state index contributed by atoms with van der Waals surface area (Å²) >= 11 is 0. The van der Waals surface area contributed by atoms with Gasteiger partial charge in [0.2, 0.25) is 0 Å². The number of aromatic hydroxyl groups is 1. The highest BCUT2D eigenvalue weighted by atomic mass is 16.5. The SMILES string of the molecule is COc1ccc(N2CCN(Cc3c(O)c(CN4CCCCCC4)coc3=O)CC2)cc1. The summed E-state index contributed by atoms with van der Waals surface area (Å²) in [6.07, 6.45) is 6.33. The molecular formula is C24H33N3O4. The normalized spacial score (nSPS) is 18.7. The molecule has 0 bridgehead atoms. The molecule has 168 valence electrons. The summed E-state index contributed by atoms with van der Waals surface area (Å²) in [5, 5.41) is 10.8. The molecule has 2 aliphatic rings. The molecule has 2 aliphatic heterocycles. The minimum atomic E-state index is -0.435. The first-order valence-electron chi connectivity index (χ1n) is 11.3. The predicted octanol–water partition coefficient (Wildman–Crippen LogP) is 3.05. The monoisotopic (exact) mass is 427 g/mol. The number of hydrogen-bond donors (Lipinski definition) is 1. The van der Waals surface area contributed by atoms with Crippen LogP contribution in [0.2, 0.25) is 0 Å². The van der Waals surface area contributed by atoms with E-state index in [-0.39, 0.29) is 5.75 Å². The summed E-state index contributed by atoms with van der Waals surface area (Å²) in [4.78, 5) is 19.3. The van der Waals surface area contributed by atoms with E-state index in [1.807, 2.05) is 12.1 Å². The lowest BCUT2D eigenvalue weighted by Gasteiger charge is -2.36. The summed E-state index contributed by atoms with van der Waals surface area (Å²) < 4.78 is 10.5. The average Bonchev–Trinajstić information content (AvgIpc) is 3.08. The van der Waals surface area contributed by atoms with Gasteiger partial charge in [-0.15, -0.1) is 0 Å². The van der Waals surface area contributed by atoms with Crippen LogP contribution in [0.3, 0.4) is 0 Å². The van der Waals surface area contributed by atoms with Gasteiger partial charge < -0.3 is 19.2 Å². The van der Waals surface area contributed by atoms with Gasteiger partial charge >= 0.3 is 5.63 Å². The van der Waals surface area contributed by atoms with Crippen molar-refractivity contribution in [1.29, 1.82) is 0 Å². The molecule has 0 radical (unpaired) electrons. The Morgan fingerprint density at radius 3 is 2.19 bits per heavy atom. The quantitative estimate of drug-likeness (QED) is 0.760. The number of ether oxygens (including phenoxy) is 1. The van der Waals surface area contributed by atoms with Gasteiger partial charge in [0.1, 0.15) is 17.8 Å². The molecule has 1 aromatic carbocycles. The molecule has 0 amide bonds. The number of hydrogen-bond acceptors (Lipinski definition) is 7. The summed E-state index contributed by atoms with van der Waals surface area (Å²) in [5.41, 5.74) is 1.83. The van der Waals surface area contributed by atoms with Crippen molar-refractivity contribution < 1.29 is 14.3 Å². The van der Waals surface area contributed by atoms with Gasteiger partial charge in [-0.2, -0.15) is 0 Å². The zero-order valence-electron chi connectivity index (χ0n) is 18.4. The lowest BCUT2D eigenvalue weighted by molar-refractivity contribution is 0.238. The second kappa shape index (κ2) is 10.2. The molecule has 3 heterocycles. The molecule has 0 saturated carbocycles.